The lowest BCUT2D eigenvalue weighted by Crippen LogP contribution is -2.24. The molecule has 1 rings (SSSR count). The van der Waals surface area contributed by atoms with Crippen LogP contribution in [0.3, 0.4) is 0 Å². The van der Waals surface area contributed by atoms with Gasteiger partial charge in [-0.05, 0) is 12.3 Å². The molecule has 0 aromatic carbocycles. The highest BCUT2D eigenvalue weighted by atomic mass is 17.2. The largest absolute Gasteiger partial charge is 0.370 e. The van der Waals surface area contributed by atoms with Crippen LogP contribution >= 0.6 is 0 Å². The number of carbonyl (C=O) groups excluding carboxylic acids is 1. The van der Waals surface area contributed by atoms with Crippen molar-refractivity contribution in [3.8, 4) is 0 Å². The quantitative estimate of drug-likeness (QED) is 0.549. The standard InChI is InChI=1S/C6H11NO3/c7-6(8)3-5-1-2-9-10-4-5/h5H,1-4H2,(H2,7,8). The fraction of sp³-hybridized carbons (Fsp3) is 0.833. The molecule has 0 spiro atoms. The zero-order valence-corrected chi connectivity index (χ0v) is 5.71. The van der Waals surface area contributed by atoms with Crippen LogP contribution in [0.1, 0.15) is 12.8 Å². The molecule has 0 saturated carbocycles. The highest BCUT2D eigenvalue weighted by molar-refractivity contribution is 5.73. The molecule has 2 N–H and O–H groups in total. The minimum Gasteiger partial charge on any atom is -0.370 e. The van der Waals surface area contributed by atoms with E-state index >= 15 is 0 Å². The topological polar surface area (TPSA) is 61.6 Å². The first-order valence-corrected chi connectivity index (χ1v) is 3.32. The van der Waals surface area contributed by atoms with Crippen LogP contribution in [-0.4, -0.2) is 19.1 Å². The van der Waals surface area contributed by atoms with Gasteiger partial charge in [0.1, 0.15) is 0 Å². The summed E-state index contributed by atoms with van der Waals surface area (Å²) in [6.45, 7) is 1.06. The van der Waals surface area contributed by atoms with Crippen LogP contribution in [0, 0.1) is 5.92 Å². The SMILES string of the molecule is NC(=O)CC1CCOOC1. The molecule has 1 amide bonds. The number of nitrogens with two attached hydrogens (primary N) is 1. The van der Waals surface area contributed by atoms with E-state index in [4.69, 9.17) is 5.73 Å². The van der Waals surface area contributed by atoms with Gasteiger partial charge in [0.15, 0.2) is 0 Å². The molecule has 1 heterocycles. The van der Waals surface area contributed by atoms with Crippen molar-refractivity contribution in [3.05, 3.63) is 0 Å². The maximum atomic E-state index is 10.4. The molecule has 0 aromatic rings. The minimum atomic E-state index is -0.268. The summed E-state index contributed by atoms with van der Waals surface area (Å²) < 4.78 is 0. The van der Waals surface area contributed by atoms with Gasteiger partial charge in [-0.15, -0.1) is 0 Å². The third-order valence-corrected chi connectivity index (χ3v) is 1.49. The Labute approximate surface area is 59.2 Å². The van der Waals surface area contributed by atoms with Crippen molar-refractivity contribution in [1.29, 1.82) is 0 Å². The molecule has 4 nitrogen and oxygen atoms in total. The summed E-state index contributed by atoms with van der Waals surface area (Å²) in [6.07, 6.45) is 1.27. The lowest BCUT2D eigenvalue weighted by atomic mass is 10.0. The zero-order chi connectivity index (χ0) is 7.40. The second-order valence-corrected chi connectivity index (χ2v) is 2.43. The molecule has 4 heteroatoms. The summed E-state index contributed by atoms with van der Waals surface area (Å²) in [4.78, 5) is 19.7. The van der Waals surface area contributed by atoms with Gasteiger partial charge in [0.2, 0.25) is 5.91 Å². The van der Waals surface area contributed by atoms with Gasteiger partial charge in [-0.25, -0.2) is 9.78 Å². The predicted molar refractivity (Wildman–Crippen MR) is 33.8 cm³/mol. The van der Waals surface area contributed by atoms with Crippen LogP contribution < -0.4 is 5.73 Å². The Balaban J connectivity index is 2.19. The Morgan fingerprint density at radius 2 is 2.40 bits per heavy atom. The van der Waals surface area contributed by atoms with Crippen molar-refractivity contribution in [1.82, 2.24) is 0 Å². The lowest BCUT2D eigenvalue weighted by molar-refractivity contribution is -0.324. The molecule has 1 saturated heterocycles. The van der Waals surface area contributed by atoms with Crippen molar-refractivity contribution in [2.75, 3.05) is 13.2 Å². The van der Waals surface area contributed by atoms with Crippen LogP contribution in [-0.2, 0) is 14.6 Å². The number of amides is 1. The van der Waals surface area contributed by atoms with Gasteiger partial charge in [-0.1, -0.05) is 0 Å². The minimum absolute atomic E-state index is 0.256. The van der Waals surface area contributed by atoms with Gasteiger partial charge in [-0.3, -0.25) is 4.79 Å². The number of carbonyl (C=O) groups is 1. The van der Waals surface area contributed by atoms with E-state index in [1.165, 1.54) is 0 Å². The number of rotatable bonds is 2. The fourth-order valence-corrected chi connectivity index (χ4v) is 0.947. The third kappa shape index (κ3) is 2.33. The fourth-order valence-electron chi connectivity index (χ4n) is 0.947. The smallest absolute Gasteiger partial charge is 0.217 e. The summed E-state index contributed by atoms with van der Waals surface area (Å²) in [5, 5.41) is 0. The molecule has 1 unspecified atom stereocenters. The Morgan fingerprint density at radius 1 is 1.60 bits per heavy atom. The Hall–Kier alpha value is -0.610. The van der Waals surface area contributed by atoms with Gasteiger partial charge in [-0.2, -0.15) is 0 Å². The van der Waals surface area contributed by atoms with E-state index in [1.807, 2.05) is 0 Å². The summed E-state index contributed by atoms with van der Waals surface area (Å²) in [7, 11) is 0. The maximum Gasteiger partial charge on any atom is 0.217 e. The van der Waals surface area contributed by atoms with Gasteiger partial charge in [0.05, 0.1) is 13.2 Å². The van der Waals surface area contributed by atoms with Crippen molar-refractivity contribution in [2.24, 2.45) is 11.7 Å². The van der Waals surface area contributed by atoms with E-state index in [-0.39, 0.29) is 11.8 Å². The molecule has 0 bridgehead atoms. The molecule has 1 aliphatic rings. The molecular formula is C6H11NO3. The first-order valence-electron chi connectivity index (χ1n) is 3.32. The van der Waals surface area contributed by atoms with Crippen molar-refractivity contribution < 1.29 is 14.6 Å². The van der Waals surface area contributed by atoms with Crippen LogP contribution in [0.4, 0.5) is 0 Å². The molecule has 1 atom stereocenters. The van der Waals surface area contributed by atoms with Gasteiger partial charge >= 0.3 is 0 Å². The lowest BCUT2D eigenvalue weighted by Gasteiger charge is -2.19. The van der Waals surface area contributed by atoms with Gasteiger partial charge < -0.3 is 5.73 Å². The number of hydrogen-bond donors (Lipinski definition) is 1. The Kier molecular flexibility index (Phi) is 2.65. The predicted octanol–water partition coefficient (Wildman–Crippen LogP) is -0.170. The first kappa shape index (κ1) is 7.50. The van der Waals surface area contributed by atoms with Crippen molar-refractivity contribution in [2.45, 2.75) is 12.8 Å². The number of primary amides is 1. The van der Waals surface area contributed by atoms with Crippen LogP contribution in [0.5, 0.6) is 0 Å². The summed E-state index contributed by atoms with van der Waals surface area (Å²) >= 11 is 0. The molecule has 0 radical (unpaired) electrons. The first-order chi connectivity index (χ1) is 4.79. The normalized spacial score (nSPS) is 26.2. The van der Waals surface area contributed by atoms with Crippen LogP contribution in [0.25, 0.3) is 0 Å². The third-order valence-electron chi connectivity index (χ3n) is 1.49. The average molecular weight is 145 g/mol. The van der Waals surface area contributed by atoms with E-state index in [1.54, 1.807) is 0 Å². The van der Waals surface area contributed by atoms with Crippen LogP contribution in [0.2, 0.25) is 0 Å². The average Bonchev–Trinajstić information content (AvgIpc) is 1.88. The van der Waals surface area contributed by atoms with Gasteiger partial charge in [0.25, 0.3) is 0 Å². The van der Waals surface area contributed by atoms with E-state index in [2.05, 4.69) is 9.78 Å². The molecular weight excluding hydrogens is 134 g/mol. The molecule has 0 aromatic heterocycles. The summed E-state index contributed by atoms with van der Waals surface area (Å²) in [5.41, 5.74) is 4.99. The van der Waals surface area contributed by atoms with Crippen LogP contribution in [0.15, 0.2) is 0 Å². The Morgan fingerprint density at radius 3 is 2.90 bits per heavy atom. The van der Waals surface area contributed by atoms with E-state index < -0.39 is 0 Å². The Bertz CT molecular complexity index is 120. The molecule has 10 heavy (non-hydrogen) atoms. The monoisotopic (exact) mass is 145 g/mol. The summed E-state index contributed by atoms with van der Waals surface area (Å²) in [6, 6.07) is 0. The molecule has 58 valence electrons. The van der Waals surface area contributed by atoms with Crippen molar-refractivity contribution >= 4 is 5.91 Å². The molecule has 0 aliphatic carbocycles. The highest BCUT2D eigenvalue weighted by Crippen LogP contribution is 2.13. The van der Waals surface area contributed by atoms with E-state index in [9.17, 15) is 4.79 Å². The van der Waals surface area contributed by atoms with Crippen molar-refractivity contribution in [3.63, 3.8) is 0 Å². The highest BCUT2D eigenvalue weighted by Gasteiger charge is 2.16. The number of hydrogen-bond acceptors (Lipinski definition) is 3. The van der Waals surface area contributed by atoms with Gasteiger partial charge in [0, 0.05) is 6.42 Å². The summed E-state index contributed by atoms with van der Waals surface area (Å²) in [5.74, 6) is -0.0123. The second-order valence-electron chi connectivity index (χ2n) is 2.43. The molecule has 1 fully saturated rings. The molecule has 1 aliphatic heterocycles. The zero-order valence-electron chi connectivity index (χ0n) is 5.71. The second kappa shape index (κ2) is 3.53. The van der Waals surface area contributed by atoms with E-state index in [0.717, 1.165) is 6.42 Å². The maximum absolute atomic E-state index is 10.4. The van der Waals surface area contributed by atoms with E-state index in [0.29, 0.717) is 19.6 Å².